The number of carbonyl (C=O) groups is 1. The molecule has 0 bridgehead atoms. The van der Waals surface area contributed by atoms with Gasteiger partial charge in [-0.15, -0.1) is 0 Å². The van der Waals surface area contributed by atoms with E-state index < -0.39 is 10.0 Å². The van der Waals surface area contributed by atoms with Crippen molar-refractivity contribution in [2.24, 2.45) is 0 Å². The van der Waals surface area contributed by atoms with Crippen LogP contribution in [0.25, 0.3) is 0 Å². The number of sulfonamides is 1. The zero-order chi connectivity index (χ0) is 17.7. The Hall–Kier alpha value is -1.44. The molecule has 0 radical (unpaired) electrons. The van der Waals surface area contributed by atoms with Crippen LogP contribution in [0.2, 0.25) is 0 Å². The molecule has 1 saturated heterocycles. The second kappa shape index (κ2) is 8.09. The summed E-state index contributed by atoms with van der Waals surface area (Å²) in [6.07, 6.45) is 1.16. The summed E-state index contributed by atoms with van der Waals surface area (Å²) >= 11 is 0. The minimum atomic E-state index is -3.45. The van der Waals surface area contributed by atoms with E-state index in [1.165, 1.54) is 4.31 Å². The van der Waals surface area contributed by atoms with Crippen molar-refractivity contribution in [3.8, 4) is 0 Å². The van der Waals surface area contributed by atoms with Crippen molar-refractivity contribution >= 4 is 15.9 Å². The van der Waals surface area contributed by atoms with Crippen molar-refractivity contribution in [3.05, 3.63) is 35.4 Å². The largest absolute Gasteiger partial charge is 0.339 e. The number of rotatable bonds is 6. The fourth-order valence-corrected chi connectivity index (χ4v) is 3.48. The summed E-state index contributed by atoms with van der Waals surface area (Å²) in [6, 6.07) is 7.69. The highest BCUT2D eigenvalue weighted by Gasteiger charge is 2.25. The molecule has 7 heteroatoms. The van der Waals surface area contributed by atoms with E-state index in [-0.39, 0.29) is 19.0 Å². The zero-order valence-electron chi connectivity index (χ0n) is 14.7. The van der Waals surface area contributed by atoms with Gasteiger partial charge in [-0.3, -0.25) is 4.79 Å². The molecular formula is C17H27N3O3S. The lowest BCUT2D eigenvalue weighted by atomic mass is 10.1. The number of nitrogens with zero attached hydrogens (tertiary/aromatic N) is 3. The third-order valence-electron chi connectivity index (χ3n) is 4.43. The van der Waals surface area contributed by atoms with Crippen LogP contribution in [0.3, 0.4) is 0 Å². The molecule has 0 saturated carbocycles. The quantitative estimate of drug-likeness (QED) is 0.763. The Morgan fingerprint density at radius 3 is 2.21 bits per heavy atom. The van der Waals surface area contributed by atoms with Gasteiger partial charge in [-0.1, -0.05) is 36.8 Å². The lowest BCUT2D eigenvalue weighted by molar-refractivity contribution is -0.133. The van der Waals surface area contributed by atoms with Gasteiger partial charge in [0.1, 0.15) is 0 Å². The number of piperazine rings is 1. The molecule has 0 spiro atoms. The van der Waals surface area contributed by atoms with Crippen LogP contribution in [-0.2, 0) is 21.4 Å². The van der Waals surface area contributed by atoms with Crippen LogP contribution < -0.4 is 0 Å². The van der Waals surface area contributed by atoms with Gasteiger partial charge in [0.05, 0.1) is 12.8 Å². The smallest absolute Gasteiger partial charge is 0.237 e. The van der Waals surface area contributed by atoms with E-state index in [4.69, 9.17) is 0 Å². The van der Waals surface area contributed by atoms with Gasteiger partial charge in [0.15, 0.2) is 0 Å². The van der Waals surface area contributed by atoms with E-state index in [0.29, 0.717) is 13.1 Å². The normalized spacial score (nSPS) is 16.6. The van der Waals surface area contributed by atoms with Crippen LogP contribution in [-0.4, -0.2) is 74.0 Å². The van der Waals surface area contributed by atoms with Crippen LogP contribution in [0.1, 0.15) is 18.1 Å². The first-order valence-corrected chi connectivity index (χ1v) is 10.1. The van der Waals surface area contributed by atoms with E-state index in [2.05, 4.69) is 11.8 Å². The Morgan fingerprint density at radius 2 is 1.71 bits per heavy atom. The maximum Gasteiger partial charge on any atom is 0.237 e. The molecule has 24 heavy (non-hydrogen) atoms. The minimum absolute atomic E-state index is 0.0984. The standard InChI is InChI=1S/C17H27N3O3S/c1-4-18-9-11-19(12-10-18)17(21)14-20(24(3,22)23)13-16-7-5-15(2)6-8-16/h5-8H,4,9-14H2,1-3H3. The lowest BCUT2D eigenvalue weighted by Gasteiger charge is -2.35. The topological polar surface area (TPSA) is 60.9 Å². The molecule has 2 rings (SSSR count). The van der Waals surface area contributed by atoms with Gasteiger partial charge >= 0.3 is 0 Å². The summed E-state index contributed by atoms with van der Waals surface area (Å²) in [5.41, 5.74) is 2.00. The predicted molar refractivity (Wildman–Crippen MR) is 95.1 cm³/mol. The second-order valence-corrected chi connectivity index (χ2v) is 8.31. The molecule has 134 valence electrons. The SMILES string of the molecule is CCN1CCN(C(=O)CN(Cc2ccc(C)cc2)S(C)(=O)=O)CC1. The van der Waals surface area contributed by atoms with Crippen molar-refractivity contribution in [1.29, 1.82) is 0 Å². The predicted octanol–water partition coefficient (Wildman–Crippen LogP) is 0.921. The number of hydrogen-bond donors (Lipinski definition) is 0. The summed E-state index contributed by atoms with van der Waals surface area (Å²) in [7, 11) is -3.45. The minimum Gasteiger partial charge on any atom is -0.339 e. The average molecular weight is 353 g/mol. The molecule has 0 aliphatic carbocycles. The first kappa shape index (κ1) is 18.9. The van der Waals surface area contributed by atoms with Gasteiger partial charge in [-0.2, -0.15) is 4.31 Å². The monoisotopic (exact) mass is 353 g/mol. The molecule has 0 unspecified atom stereocenters. The van der Waals surface area contributed by atoms with Crippen molar-refractivity contribution in [3.63, 3.8) is 0 Å². The van der Waals surface area contributed by atoms with Crippen molar-refractivity contribution < 1.29 is 13.2 Å². The number of amides is 1. The van der Waals surface area contributed by atoms with E-state index >= 15 is 0 Å². The summed E-state index contributed by atoms with van der Waals surface area (Å²) in [5, 5.41) is 0. The van der Waals surface area contributed by atoms with Gasteiger partial charge < -0.3 is 9.80 Å². The van der Waals surface area contributed by atoms with Crippen LogP contribution >= 0.6 is 0 Å². The molecular weight excluding hydrogens is 326 g/mol. The highest BCUT2D eigenvalue weighted by Crippen LogP contribution is 2.11. The third kappa shape index (κ3) is 5.29. The van der Waals surface area contributed by atoms with Gasteiger partial charge in [0.25, 0.3) is 0 Å². The molecule has 6 nitrogen and oxygen atoms in total. The van der Waals surface area contributed by atoms with Crippen LogP contribution in [0.15, 0.2) is 24.3 Å². The number of aryl methyl sites for hydroxylation is 1. The molecule has 1 heterocycles. The van der Waals surface area contributed by atoms with Crippen molar-refractivity contribution in [1.82, 2.24) is 14.1 Å². The molecule has 1 fully saturated rings. The van der Waals surface area contributed by atoms with Crippen molar-refractivity contribution in [2.75, 3.05) is 45.5 Å². The van der Waals surface area contributed by atoms with Crippen molar-refractivity contribution in [2.45, 2.75) is 20.4 Å². The first-order chi connectivity index (χ1) is 11.3. The molecule has 0 N–H and O–H groups in total. The Balaban J connectivity index is 2.01. The zero-order valence-corrected chi connectivity index (χ0v) is 15.6. The molecule has 1 amide bonds. The highest BCUT2D eigenvalue weighted by atomic mass is 32.2. The van der Waals surface area contributed by atoms with Crippen LogP contribution in [0, 0.1) is 6.92 Å². The number of carbonyl (C=O) groups excluding carboxylic acids is 1. The maximum absolute atomic E-state index is 12.5. The summed E-state index contributed by atoms with van der Waals surface area (Å²) < 4.78 is 25.4. The van der Waals surface area contributed by atoms with Gasteiger partial charge in [0.2, 0.25) is 15.9 Å². The fourth-order valence-electron chi connectivity index (χ4n) is 2.75. The fraction of sp³-hybridized carbons (Fsp3) is 0.588. The number of hydrogen-bond acceptors (Lipinski definition) is 4. The van der Waals surface area contributed by atoms with E-state index in [1.54, 1.807) is 4.90 Å². The molecule has 1 aliphatic rings. The van der Waals surface area contributed by atoms with E-state index in [9.17, 15) is 13.2 Å². The first-order valence-electron chi connectivity index (χ1n) is 8.30. The Bertz CT molecular complexity index is 650. The van der Waals surface area contributed by atoms with Gasteiger partial charge in [-0.05, 0) is 19.0 Å². The molecule has 0 aromatic heterocycles. The molecule has 0 atom stereocenters. The highest BCUT2D eigenvalue weighted by molar-refractivity contribution is 7.88. The number of likely N-dealkylation sites (N-methyl/N-ethyl adjacent to an activating group) is 1. The van der Waals surface area contributed by atoms with E-state index in [0.717, 1.165) is 37.0 Å². The summed E-state index contributed by atoms with van der Waals surface area (Å²) in [4.78, 5) is 16.5. The number of benzene rings is 1. The van der Waals surface area contributed by atoms with Crippen LogP contribution in [0.4, 0.5) is 0 Å². The lowest BCUT2D eigenvalue weighted by Crippen LogP contribution is -2.51. The second-order valence-electron chi connectivity index (χ2n) is 6.33. The molecule has 1 aromatic rings. The Labute approximate surface area is 145 Å². The molecule has 1 aromatic carbocycles. The summed E-state index contributed by atoms with van der Waals surface area (Å²) in [5.74, 6) is -0.122. The van der Waals surface area contributed by atoms with Gasteiger partial charge in [0, 0.05) is 32.7 Å². The molecule has 1 aliphatic heterocycles. The van der Waals surface area contributed by atoms with Gasteiger partial charge in [-0.25, -0.2) is 8.42 Å². The Kier molecular flexibility index (Phi) is 6.37. The third-order valence-corrected chi connectivity index (χ3v) is 5.63. The van der Waals surface area contributed by atoms with E-state index in [1.807, 2.05) is 31.2 Å². The van der Waals surface area contributed by atoms with Crippen LogP contribution in [0.5, 0.6) is 0 Å². The Morgan fingerprint density at radius 1 is 1.12 bits per heavy atom. The maximum atomic E-state index is 12.5. The average Bonchev–Trinajstić information content (AvgIpc) is 2.55. The summed E-state index contributed by atoms with van der Waals surface area (Å²) in [6.45, 7) is 8.20.